The number of aryl methyl sites for hydroxylation is 1. The Morgan fingerprint density at radius 2 is 2.44 bits per heavy atom. The molecule has 1 amide bonds. The van der Waals surface area contributed by atoms with Crippen molar-refractivity contribution in [2.45, 2.75) is 19.4 Å². The van der Waals surface area contributed by atoms with E-state index >= 15 is 0 Å². The van der Waals surface area contributed by atoms with Crippen molar-refractivity contribution in [3.05, 3.63) is 36.2 Å². The summed E-state index contributed by atoms with van der Waals surface area (Å²) in [5, 5.41) is 19.3. The van der Waals surface area contributed by atoms with Crippen LogP contribution in [0.2, 0.25) is 0 Å². The van der Waals surface area contributed by atoms with Crippen molar-refractivity contribution < 1.29 is 14.6 Å². The second-order valence-corrected chi connectivity index (χ2v) is 6.22. The van der Waals surface area contributed by atoms with Gasteiger partial charge in [-0.15, -0.1) is 0 Å². The molecule has 0 spiro atoms. The Morgan fingerprint density at radius 1 is 1.56 bits per heavy atom. The molecular weight excluding hydrogens is 320 g/mol. The number of hydrogen-bond acceptors (Lipinski definition) is 5. The average molecular weight is 343 g/mol. The van der Waals surface area contributed by atoms with Crippen molar-refractivity contribution in [2.75, 3.05) is 32.8 Å². The maximum absolute atomic E-state index is 11.9. The molecule has 0 aliphatic carbocycles. The largest absolute Gasteiger partial charge is 0.492 e. The number of aliphatic hydroxyl groups excluding tert-OH is 1. The minimum absolute atomic E-state index is 0.0490. The Kier molecular flexibility index (Phi) is 5.67. The van der Waals surface area contributed by atoms with E-state index in [1.54, 1.807) is 6.07 Å². The van der Waals surface area contributed by atoms with Gasteiger partial charge in [-0.1, -0.05) is 0 Å². The lowest BCUT2D eigenvalue weighted by atomic mass is 10.1. The first-order valence-electron chi connectivity index (χ1n) is 8.43. The number of nitrogens with one attached hydrogen (secondary N) is 2. The summed E-state index contributed by atoms with van der Waals surface area (Å²) in [6.45, 7) is 4.41. The van der Waals surface area contributed by atoms with Gasteiger partial charge < -0.3 is 15.2 Å². The molecule has 1 aromatic carbocycles. The van der Waals surface area contributed by atoms with Crippen LogP contribution in [0.5, 0.6) is 5.75 Å². The Labute approximate surface area is 147 Å². The normalized spacial score (nSPS) is 17.6. The molecule has 1 aromatic heterocycles. The molecule has 1 aliphatic heterocycles. The van der Waals surface area contributed by atoms with Crippen molar-refractivity contribution in [1.82, 2.24) is 20.4 Å². The van der Waals surface area contributed by atoms with Crippen LogP contribution in [0, 0.1) is 13.0 Å². The third kappa shape index (κ3) is 4.80. The predicted octanol–water partition coefficient (Wildman–Crippen LogP) is 0.747. The fourth-order valence-corrected chi connectivity index (χ4v) is 2.91. The number of amides is 1. The Balaban J connectivity index is 1.42. The van der Waals surface area contributed by atoms with Gasteiger partial charge in [0, 0.05) is 24.8 Å². The van der Waals surface area contributed by atoms with E-state index < -0.39 is 0 Å². The number of benzene rings is 1. The van der Waals surface area contributed by atoms with Gasteiger partial charge in [0.05, 0.1) is 24.9 Å². The Bertz CT molecular complexity index is 716. The van der Waals surface area contributed by atoms with Crippen LogP contribution >= 0.6 is 0 Å². The second-order valence-electron chi connectivity index (χ2n) is 6.22. The van der Waals surface area contributed by atoms with E-state index in [4.69, 9.17) is 4.74 Å². The quantitative estimate of drug-likeness (QED) is 0.646. The summed E-state index contributed by atoms with van der Waals surface area (Å²) in [7, 11) is 0. The van der Waals surface area contributed by atoms with Crippen LogP contribution in [0.25, 0.3) is 11.1 Å². The van der Waals surface area contributed by atoms with Crippen molar-refractivity contribution in [2.24, 2.45) is 0 Å². The monoisotopic (exact) mass is 343 g/mol. The zero-order chi connectivity index (χ0) is 17.6. The average Bonchev–Trinajstić information content (AvgIpc) is 3.20. The van der Waals surface area contributed by atoms with Gasteiger partial charge >= 0.3 is 0 Å². The van der Waals surface area contributed by atoms with Gasteiger partial charge in [-0.3, -0.25) is 14.8 Å². The smallest absolute Gasteiger partial charge is 0.234 e. The second kappa shape index (κ2) is 8.13. The molecule has 1 atom stereocenters. The third-order valence-corrected chi connectivity index (χ3v) is 4.21. The van der Waals surface area contributed by atoms with Gasteiger partial charge in [-0.2, -0.15) is 5.10 Å². The zero-order valence-electron chi connectivity index (χ0n) is 14.3. The summed E-state index contributed by atoms with van der Waals surface area (Å²) >= 11 is 0. The summed E-state index contributed by atoms with van der Waals surface area (Å²) in [5.74, 6) is 0.655. The highest BCUT2D eigenvalue weighted by molar-refractivity contribution is 5.78. The standard InChI is InChI=1S/C18H23N4O3/c1-13-17(10-20-21-13)14-3-2-4-16(9-14)25-8-6-19-18(24)12-22-7-5-15(23)11-22/h3-4,9-10,15,23H,5-8,11-12H2,1H3,(H,19,24)(H,20,21)/t15-/m0/s1. The highest BCUT2D eigenvalue weighted by Crippen LogP contribution is 2.24. The number of carbonyl (C=O) groups is 1. The van der Waals surface area contributed by atoms with Gasteiger partial charge in [-0.25, -0.2) is 0 Å². The fraction of sp³-hybridized carbons (Fsp3) is 0.444. The summed E-state index contributed by atoms with van der Waals surface area (Å²) < 4.78 is 5.69. The number of nitrogens with zero attached hydrogens (tertiary/aromatic N) is 2. The highest BCUT2D eigenvalue weighted by atomic mass is 16.5. The Hall–Kier alpha value is -2.38. The van der Waals surface area contributed by atoms with E-state index in [1.165, 1.54) is 0 Å². The van der Waals surface area contributed by atoms with Crippen LogP contribution in [0.1, 0.15) is 12.1 Å². The lowest BCUT2D eigenvalue weighted by Crippen LogP contribution is -2.38. The number of aromatic nitrogens is 2. The van der Waals surface area contributed by atoms with Crippen LogP contribution in [0.4, 0.5) is 0 Å². The Morgan fingerprint density at radius 3 is 3.16 bits per heavy atom. The van der Waals surface area contributed by atoms with Crippen molar-refractivity contribution in [3.63, 3.8) is 0 Å². The first-order chi connectivity index (χ1) is 12.1. The lowest BCUT2D eigenvalue weighted by molar-refractivity contribution is -0.122. The molecule has 1 aliphatic rings. The number of ether oxygens (including phenoxy) is 1. The van der Waals surface area contributed by atoms with Gasteiger partial charge in [0.15, 0.2) is 0 Å². The number of aliphatic hydroxyl groups is 1. The maximum atomic E-state index is 11.9. The molecular formula is C18H23N4O3. The number of likely N-dealkylation sites (tertiary alicyclic amines) is 1. The van der Waals surface area contributed by atoms with Crippen molar-refractivity contribution in [1.29, 1.82) is 0 Å². The number of rotatable bonds is 7. The summed E-state index contributed by atoms with van der Waals surface area (Å²) in [4.78, 5) is 13.8. The van der Waals surface area contributed by atoms with E-state index in [1.807, 2.05) is 30.2 Å². The van der Waals surface area contributed by atoms with Gasteiger partial charge in [0.25, 0.3) is 0 Å². The molecule has 3 N–H and O–H groups in total. The van der Waals surface area contributed by atoms with E-state index in [-0.39, 0.29) is 12.0 Å². The highest BCUT2D eigenvalue weighted by Gasteiger charge is 2.21. The van der Waals surface area contributed by atoms with Gasteiger partial charge in [0.2, 0.25) is 5.91 Å². The van der Waals surface area contributed by atoms with Crippen molar-refractivity contribution in [3.8, 4) is 16.9 Å². The molecule has 7 nitrogen and oxygen atoms in total. The summed E-state index contributed by atoms with van der Waals surface area (Å²) in [6.07, 6.45) is 2.27. The number of carbonyl (C=O) groups excluding carboxylic acids is 1. The predicted molar refractivity (Wildman–Crippen MR) is 93.2 cm³/mol. The molecule has 1 radical (unpaired) electrons. The van der Waals surface area contributed by atoms with E-state index in [9.17, 15) is 9.90 Å². The molecule has 0 saturated carbocycles. The zero-order valence-corrected chi connectivity index (χ0v) is 14.3. The van der Waals surface area contributed by atoms with Crippen LogP contribution in [0.15, 0.2) is 24.4 Å². The number of β-amino-alcohol motifs (C(OH)–C–C–N with tert-alkyl or cyclic N) is 1. The summed E-state index contributed by atoms with van der Waals surface area (Å²) in [5.41, 5.74) is 2.92. The molecule has 133 valence electrons. The molecule has 2 heterocycles. The molecule has 0 bridgehead atoms. The maximum Gasteiger partial charge on any atom is 0.234 e. The van der Waals surface area contributed by atoms with E-state index in [0.29, 0.717) is 32.0 Å². The number of aromatic amines is 1. The van der Waals surface area contributed by atoms with Crippen LogP contribution < -0.4 is 10.1 Å². The van der Waals surface area contributed by atoms with Crippen LogP contribution in [0.3, 0.4) is 0 Å². The van der Waals surface area contributed by atoms with E-state index in [0.717, 1.165) is 29.8 Å². The van der Waals surface area contributed by atoms with Crippen LogP contribution in [-0.4, -0.2) is 65.0 Å². The molecule has 1 saturated heterocycles. The summed E-state index contributed by atoms with van der Waals surface area (Å²) in [6, 6.07) is 8.65. The topological polar surface area (TPSA) is 90.5 Å². The van der Waals surface area contributed by atoms with Gasteiger partial charge in [-0.05, 0) is 43.2 Å². The lowest BCUT2D eigenvalue weighted by Gasteiger charge is -2.14. The minimum atomic E-state index is -0.307. The minimum Gasteiger partial charge on any atom is -0.492 e. The van der Waals surface area contributed by atoms with Crippen molar-refractivity contribution >= 4 is 5.91 Å². The molecule has 7 heteroatoms. The first-order valence-corrected chi connectivity index (χ1v) is 8.43. The first kappa shape index (κ1) is 17.4. The van der Waals surface area contributed by atoms with Gasteiger partial charge in [0.1, 0.15) is 12.4 Å². The van der Waals surface area contributed by atoms with Crippen LogP contribution in [-0.2, 0) is 4.79 Å². The SMILES string of the molecule is Cc1n[nH]cc1-c1c[c]cc(OCCNC(=O)CN2CC[C@H](O)C2)c1. The van der Waals surface area contributed by atoms with E-state index in [2.05, 4.69) is 21.6 Å². The third-order valence-electron chi connectivity index (χ3n) is 4.21. The molecule has 3 rings (SSSR count). The number of H-pyrrole nitrogens is 1. The molecule has 1 fully saturated rings. The molecule has 0 unspecified atom stereocenters. The molecule has 25 heavy (non-hydrogen) atoms. The number of hydrogen-bond donors (Lipinski definition) is 3. The fourth-order valence-electron chi connectivity index (χ4n) is 2.91. The molecule has 2 aromatic rings.